The molecule has 0 amide bonds. The van der Waals surface area contributed by atoms with Crippen molar-refractivity contribution in [1.29, 1.82) is 0 Å². The highest BCUT2D eigenvalue weighted by molar-refractivity contribution is 6.12. The van der Waals surface area contributed by atoms with Gasteiger partial charge in [0.2, 0.25) is 5.89 Å². The van der Waals surface area contributed by atoms with Crippen LogP contribution in [0.4, 0.5) is 17.1 Å². The van der Waals surface area contributed by atoms with Gasteiger partial charge in [0.15, 0.2) is 5.58 Å². The Morgan fingerprint density at radius 1 is 0.487 bits per heavy atom. The Labute approximate surface area is 224 Å². The number of benzene rings is 6. The summed E-state index contributed by atoms with van der Waals surface area (Å²) in [7, 11) is 0. The summed E-state index contributed by atoms with van der Waals surface area (Å²) >= 11 is 0. The van der Waals surface area contributed by atoms with Crippen molar-refractivity contribution in [2.24, 2.45) is 0 Å². The Balaban J connectivity index is 1.30. The van der Waals surface area contributed by atoms with Crippen LogP contribution in [-0.2, 0) is 0 Å². The largest absolute Gasteiger partial charge is 0.456 e. The van der Waals surface area contributed by atoms with Crippen LogP contribution < -0.4 is 4.90 Å². The highest BCUT2D eigenvalue weighted by Gasteiger charge is 2.19. The predicted octanol–water partition coefficient (Wildman–Crippen LogP) is 10.0. The van der Waals surface area contributed by atoms with Gasteiger partial charge in [-0.1, -0.05) is 66.7 Å². The minimum absolute atomic E-state index is 0.591. The van der Waals surface area contributed by atoms with Gasteiger partial charge in [0.1, 0.15) is 16.7 Å². The Morgan fingerprint density at radius 3 is 1.92 bits per heavy atom. The number of furan rings is 1. The summed E-state index contributed by atoms with van der Waals surface area (Å²) in [5.74, 6) is 0.591. The fourth-order valence-electron chi connectivity index (χ4n) is 5.46. The first-order valence-corrected chi connectivity index (χ1v) is 13.0. The maximum absolute atomic E-state index is 6.42. The zero-order chi connectivity index (χ0) is 25.8. The third kappa shape index (κ3) is 3.57. The minimum Gasteiger partial charge on any atom is -0.456 e. The summed E-state index contributed by atoms with van der Waals surface area (Å²) < 4.78 is 12.7. The molecule has 184 valence electrons. The highest BCUT2D eigenvalue weighted by Crippen LogP contribution is 2.41. The smallest absolute Gasteiger partial charge is 0.228 e. The molecule has 0 atom stereocenters. The van der Waals surface area contributed by atoms with Gasteiger partial charge in [-0.25, -0.2) is 4.98 Å². The van der Waals surface area contributed by atoms with Crippen LogP contribution in [0.2, 0.25) is 0 Å². The average molecular weight is 503 g/mol. The first kappa shape index (κ1) is 21.7. The van der Waals surface area contributed by atoms with Gasteiger partial charge in [0.25, 0.3) is 0 Å². The van der Waals surface area contributed by atoms with Gasteiger partial charge in [0.05, 0.1) is 0 Å². The van der Waals surface area contributed by atoms with E-state index in [0.29, 0.717) is 5.89 Å². The van der Waals surface area contributed by atoms with Gasteiger partial charge < -0.3 is 13.7 Å². The van der Waals surface area contributed by atoms with E-state index < -0.39 is 0 Å². The van der Waals surface area contributed by atoms with E-state index in [1.165, 1.54) is 0 Å². The molecule has 0 spiro atoms. The van der Waals surface area contributed by atoms with Crippen LogP contribution in [0.3, 0.4) is 0 Å². The average Bonchev–Trinajstić information content (AvgIpc) is 3.58. The number of para-hydroxylation sites is 2. The fourth-order valence-corrected chi connectivity index (χ4v) is 5.46. The number of oxazole rings is 1. The van der Waals surface area contributed by atoms with Crippen molar-refractivity contribution in [2.75, 3.05) is 4.90 Å². The zero-order valence-electron chi connectivity index (χ0n) is 20.9. The Morgan fingerprint density at radius 2 is 1.18 bits per heavy atom. The number of nitrogens with zero attached hydrogens (tertiary/aromatic N) is 2. The second kappa shape index (κ2) is 8.61. The molecule has 2 heterocycles. The minimum atomic E-state index is 0.591. The number of fused-ring (bicyclic) bond motifs is 5. The molecule has 6 aromatic carbocycles. The molecule has 2 aromatic heterocycles. The maximum Gasteiger partial charge on any atom is 0.228 e. The van der Waals surface area contributed by atoms with Crippen LogP contribution in [-0.4, -0.2) is 4.98 Å². The number of aromatic nitrogens is 1. The van der Waals surface area contributed by atoms with Crippen LogP contribution in [0.15, 0.2) is 142 Å². The van der Waals surface area contributed by atoms with Crippen LogP contribution in [0, 0.1) is 0 Å². The molecule has 0 aliphatic heterocycles. The number of hydrogen-bond donors (Lipinski definition) is 0. The van der Waals surface area contributed by atoms with E-state index in [1.807, 2.05) is 36.4 Å². The molecule has 4 nitrogen and oxygen atoms in total. The summed E-state index contributed by atoms with van der Waals surface area (Å²) in [6.45, 7) is 0. The van der Waals surface area contributed by atoms with Crippen LogP contribution >= 0.6 is 0 Å². The number of anilines is 3. The van der Waals surface area contributed by atoms with Gasteiger partial charge in [-0.3, -0.25) is 0 Å². The summed E-state index contributed by atoms with van der Waals surface area (Å²) in [6, 6.07) is 45.6. The molecule has 0 aliphatic rings. The maximum atomic E-state index is 6.42. The van der Waals surface area contributed by atoms with Crippen molar-refractivity contribution < 1.29 is 8.83 Å². The topological polar surface area (TPSA) is 42.4 Å². The van der Waals surface area contributed by atoms with Gasteiger partial charge in [-0.05, 0) is 71.4 Å². The second-order valence-electron chi connectivity index (χ2n) is 9.65. The molecule has 39 heavy (non-hydrogen) atoms. The molecular formula is C35H22N2O2. The van der Waals surface area contributed by atoms with Gasteiger partial charge in [-0.2, -0.15) is 0 Å². The number of rotatable bonds is 4. The van der Waals surface area contributed by atoms with Crippen LogP contribution in [0.1, 0.15) is 0 Å². The van der Waals surface area contributed by atoms with E-state index in [-0.39, 0.29) is 0 Å². The molecule has 4 heteroatoms. The fraction of sp³-hybridized carbons (Fsp3) is 0. The van der Waals surface area contributed by atoms with E-state index in [4.69, 9.17) is 13.8 Å². The molecular weight excluding hydrogens is 480 g/mol. The summed E-state index contributed by atoms with van der Waals surface area (Å²) in [6.07, 6.45) is 0. The lowest BCUT2D eigenvalue weighted by Gasteiger charge is -2.25. The molecule has 0 aliphatic carbocycles. The first-order valence-electron chi connectivity index (χ1n) is 13.0. The van der Waals surface area contributed by atoms with Crippen molar-refractivity contribution in [3.05, 3.63) is 133 Å². The van der Waals surface area contributed by atoms with Crippen molar-refractivity contribution in [1.82, 2.24) is 4.98 Å². The molecule has 0 unspecified atom stereocenters. The Kier molecular flexibility index (Phi) is 4.79. The van der Waals surface area contributed by atoms with E-state index >= 15 is 0 Å². The Hall–Kier alpha value is -5.35. The third-order valence-corrected chi connectivity index (χ3v) is 7.25. The summed E-state index contributed by atoms with van der Waals surface area (Å²) in [4.78, 5) is 7.11. The second-order valence-corrected chi connectivity index (χ2v) is 9.65. The standard InChI is InChI=1S/C35H22N2O2/c1-3-12-25(13-4-1)37(26-14-5-2-6-15-26)27-18-19-28-32(22-27)38-31-17-9-16-29(34(28)31)35-36-30-20-23-10-7-8-11-24(23)21-33(30)39-35/h1-22H. The van der Waals surface area contributed by atoms with Crippen molar-refractivity contribution in [3.63, 3.8) is 0 Å². The lowest BCUT2D eigenvalue weighted by Crippen LogP contribution is -2.09. The normalized spacial score (nSPS) is 11.6. The van der Waals surface area contributed by atoms with Crippen molar-refractivity contribution >= 4 is 60.9 Å². The molecule has 0 fully saturated rings. The van der Waals surface area contributed by atoms with E-state index in [9.17, 15) is 0 Å². The highest BCUT2D eigenvalue weighted by atomic mass is 16.3. The van der Waals surface area contributed by atoms with Crippen molar-refractivity contribution in [2.45, 2.75) is 0 Å². The molecule has 0 saturated heterocycles. The van der Waals surface area contributed by atoms with Gasteiger partial charge >= 0.3 is 0 Å². The lowest BCUT2D eigenvalue weighted by atomic mass is 10.1. The molecule has 0 bridgehead atoms. The van der Waals surface area contributed by atoms with E-state index in [2.05, 4.69) is 102 Å². The molecule has 0 saturated carbocycles. The van der Waals surface area contributed by atoms with Gasteiger partial charge in [0, 0.05) is 39.5 Å². The molecule has 8 aromatic rings. The lowest BCUT2D eigenvalue weighted by molar-refractivity contribution is 0.620. The Bertz CT molecular complexity index is 2030. The number of hydrogen-bond acceptors (Lipinski definition) is 4. The molecule has 0 radical (unpaired) electrons. The monoisotopic (exact) mass is 502 g/mol. The van der Waals surface area contributed by atoms with E-state index in [1.54, 1.807) is 0 Å². The van der Waals surface area contributed by atoms with Crippen molar-refractivity contribution in [3.8, 4) is 11.5 Å². The van der Waals surface area contributed by atoms with Gasteiger partial charge in [-0.15, -0.1) is 0 Å². The van der Waals surface area contributed by atoms with Crippen LogP contribution in [0.25, 0.3) is 55.3 Å². The molecule has 8 rings (SSSR count). The third-order valence-electron chi connectivity index (χ3n) is 7.25. The molecule has 0 N–H and O–H groups in total. The predicted molar refractivity (Wildman–Crippen MR) is 159 cm³/mol. The quantitative estimate of drug-likeness (QED) is 0.240. The summed E-state index contributed by atoms with van der Waals surface area (Å²) in [5, 5.41) is 4.30. The summed E-state index contributed by atoms with van der Waals surface area (Å²) in [5.41, 5.74) is 7.34. The zero-order valence-corrected chi connectivity index (χ0v) is 20.9. The SMILES string of the molecule is c1ccc(N(c2ccccc2)c2ccc3c(c2)oc2cccc(-c4nc5cc6ccccc6cc5o4)c23)cc1. The van der Waals surface area contributed by atoms with E-state index in [0.717, 1.165) is 66.4 Å². The first-order chi connectivity index (χ1) is 19.3. The van der Waals surface area contributed by atoms with Crippen LogP contribution in [0.5, 0.6) is 0 Å².